The molecule has 0 unspecified atom stereocenters. The second-order valence-corrected chi connectivity index (χ2v) is 10.2. The van der Waals surface area contributed by atoms with Crippen molar-refractivity contribution in [2.75, 3.05) is 11.9 Å². The highest BCUT2D eigenvalue weighted by Gasteiger charge is 2.28. The molecule has 4 aromatic rings. The van der Waals surface area contributed by atoms with Gasteiger partial charge in [-0.25, -0.2) is 4.98 Å². The lowest BCUT2D eigenvalue weighted by atomic mass is 10.0. The number of anilines is 1. The Balaban J connectivity index is 1.52. The predicted molar refractivity (Wildman–Crippen MR) is 131 cm³/mol. The number of aromatic nitrogens is 1. The van der Waals surface area contributed by atoms with Gasteiger partial charge in [0.2, 0.25) is 11.8 Å². The Kier molecular flexibility index (Phi) is 5.53. The van der Waals surface area contributed by atoms with E-state index in [1.54, 1.807) is 29.6 Å². The van der Waals surface area contributed by atoms with Crippen molar-refractivity contribution < 1.29 is 9.59 Å². The summed E-state index contributed by atoms with van der Waals surface area (Å²) in [7, 11) is 0. The summed E-state index contributed by atoms with van der Waals surface area (Å²) >= 11 is 3.22. The molecule has 162 valence electrons. The van der Waals surface area contributed by atoms with Crippen LogP contribution in [0.15, 0.2) is 48.5 Å². The number of rotatable bonds is 4. The Hall–Kier alpha value is -3.03. The smallest absolute Gasteiger partial charge is 0.229 e. The van der Waals surface area contributed by atoms with Crippen molar-refractivity contribution in [2.45, 2.75) is 33.2 Å². The van der Waals surface area contributed by atoms with Crippen LogP contribution in [-0.4, -0.2) is 28.2 Å². The van der Waals surface area contributed by atoms with Crippen molar-refractivity contribution in [2.24, 2.45) is 0 Å². The number of thiazole rings is 1. The van der Waals surface area contributed by atoms with Gasteiger partial charge in [-0.15, -0.1) is 22.7 Å². The largest absolute Gasteiger partial charge is 0.337 e. The zero-order chi connectivity index (χ0) is 22.2. The Morgan fingerprint density at radius 2 is 1.97 bits per heavy atom. The average molecular weight is 462 g/mol. The zero-order valence-electron chi connectivity index (χ0n) is 18.0. The quantitative estimate of drug-likeness (QED) is 0.441. The van der Waals surface area contributed by atoms with Crippen LogP contribution in [0.3, 0.4) is 0 Å². The average Bonchev–Trinajstić information content (AvgIpc) is 3.33. The van der Waals surface area contributed by atoms with Gasteiger partial charge in [-0.2, -0.15) is 0 Å². The van der Waals surface area contributed by atoms with Gasteiger partial charge in [0.1, 0.15) is 10.0 Å². The number of fused-ring (bicyclic) bond motifs is 2. The SMILES string of the molecule is CC(=O)N1CCc2c(sc(NC(=O)Cc3cccc(C)c3)c2-c2nc3ccccc3s2)C1. The van der Waals surface area contributed by atoms with Crippen LogP contribution in [0.1, 0.15) is 28.5 Å². The maximum Gasteiger partial charge on any atom is 0.229 e. The first-order chi connectivity index (χ1) is 15.5. The van der Waals surface area contributed by atoms with Gasteiger partial charge in [-0.1, -0.05) is 42.0 Å². The van der Waals surface area contributed by atoms with Gasteiger partial charge < -0.3 is 10.2 Å². The minimum atomic E-state index is -0.0417. The predicted octanol–water partition coefficient (Wildman–Crippen LogP) is 5.42. The van der Waals surface area contributed by atoms with Crippen LogP contribution < -0.4 is 5.32 Å². The molecule has 0 atom stereocenters. The number of nitrogens with zero attached hydrogens (tertiary/aromatic N) is 2. The molecule has 0 radical (unpaired) electrons. The molecule has 2 aromatic carbocycles. The van der Waals surface area contributed by atoms with E-state index >= 15 is 0 Å². The standard InChI is InChI=1S/C25H23N3O2S2/c1-15-6-5-7-17(12-15)13-22(30)27-25-23(24-26-19-8-3-4-9-20(19)31-24)18-10-11-28(16(2)29)14-21(18)32-25/h3-9,12H,10-11,13-14H2,1-2H3,(H,27,30). The summed E-state index contributed by atoms with van der Waals surface area (Å²) in [6.45, 7) is 4.91. The van der Waals surface area contributed by atoms with E-state index in [4.69, 9.17) is 4.98 Å². The monoisotopic (exact) mass is 461 g/mol. The first kappa shape index (κ1) is 20.8. The van der Waals surface area contributed by atoms with Crippen LogP contribution in [0.5, 0.6) is 0 Å². The zero-order valence-corrected chi connectivity index (χ0v) is 19.6. The minimum Gasteiger partial charge on any atom is -0.337 e. The summed E-state index contributed by atoms with van der Waals surface area (Å²) in [6, 6.07) is 16.1. The molecule has 32 heavy (non-hydrogen) atoms. The molecule has 2 aromatic heterocycles. The van der Waals surface area contributed by atoms with Crippen molar-refractivity contribution in [1.29, 1.82) is 0 Å². The number of para-hydroxylation sites is 1. The van der Waals surface area contributed by atoms with Gasteiger partial charge in [-0.05, 0) is 36.6 Å². The van der Waals surface area contributed by atoms with E-state index in [2.05, 4.69) is 11.4 Å². The maximum absolute atomic E-state index is 12.9. The molecule has 1 N–H and O–H groups in total. The molecule has 2 amide bonds. The fourth-order valence-corrected chi connectivity index (χ4v) is 6.53. The van der Waals surface area contributed by atoms with E-state index in [0.717, 1.165) is 48.2 Å². The van der Waals surface area contributed by atoms with Gasteiger partial charge in [0, 0.05) is 23.9 Å². The molecule has 0 bridgehead atoms. The molecule has 7 heteroatoms. The normalized spacial score (nSPS) is 13.2. The first-order valence-corrected chi connectivity index (χ1v) is 12.2. The van der Waals surface area contributed by atoms with Crippen LogP contribution in [0.4, 0.5) is 5.00 Å². The van der Waals surface area contributed by atoms with Gasteiger partial charge in [0.05, 0.1) is 23.2 Å². The Morgan fingerprint density at radius 1 is 1.12 bits per heavy atom. The molecule has 3 heterocycles. The number of aryl methyl sites for hydroxylation is 1. The van der Waals surface area contributed by atoms with Gasteiger partial charge in [-0.3, -0.25) is 9.59 Å². The molecule has 0 saturated carbocycles. The second kappa shape index (κ2) is 8.48. The molecular weight excluding hydrogens is 438 g/mol. The molecule has 0 aliphatic carbocycles. The van der Waals surface area contributed by atoms with Crippen molar-refractivity contribution in [3.05, 3.63) is 70.1 Å². The minimum absolute atomic E-state index is 0.0417. The Morgan fingerprint density at radius 3 is 2.75 bits per heavy atom. The highest BCUT2D eigenvalue weighted by molar-refractivity contribution is 7.22. The third kappa shape index (κ3) is 4.06. The van der Waals surface area contributed by atoms with Crippen molar-refractivity contribution in [3.63, 3.8) is 0 Å². The number of amides is 2. The summed E-state index contributed by atoms with van der Waals surface area (Å²) in [5.74, 6) is 0.0376. The molecule has 0 saturated heterocycles. The second-order valence-electron chi connectivity index (χ2n) is 8.10. The summed E-state index contributed by atoms with van der Waals surface area (Å²) in [5.41, 5.74) is 5.32. The highest BCUT2D eigenvalue weighted by Crippen LogP contribution is 2.45. The van der Waals surface area contributed by atoms with Gasteiger partial charge in [0.15, 0.2) is 0 Å². The third-order valence-electron chi connectivity index (χ3n) is 5.71. The van der Waals surface area contributed by atoms with E-state index in [-0.39, 0.29) is 11.8 Å². The summed E-state index contributed by atoms with van der Waals surface area (Å²) in [5, 5.41) is 4.92. The molecular formula is C25H23N3O2S2. The van der Waals surface area contributed by atoms with E-state index in [1.165, 1.54) is 5.56 Å². The molecule has 0 spiro atoms. The fourth-order valence-electron chi connectivity index (χ4n) is 4.14. The Bertz CT molecular complexity index is 1310. The van der Waals surface area contributed by atoms with Crippen LogP contribution >= 0.6 is 22.7 Å². The van der Waals surface area contributed by atoms with E-state index in [1.807, 2.05) is 54.3 Å². The van der Waals surface area contributed by atoms with Gasteiger partial charge >= 0.3 is 0 Å². The van der Waals surface area contributed by atoms with Crippen LogP contribution in [0, 0.1) is 6.92 Å². The number of hydrogen-bond acceptors (Lipinski definition) is 5. The Labute approximate surface area is 194 Å². The molecule has 1 aliphatic heterocycles. The lowest BCUT2D eigenvalue weighted by Crippen LogP contribution is -2.33. The summed E-state index contributed by atoms with van der Waals surface area (Å²) in [6.07, 6.45) is 1.09. The van der Waals surface area contributed by atoms with E-state index in [0.29, 0.717) is 19.5 Å². The molecule has 5 rings (SSSR count). The highest BCUT2D eigenvalue weighted by atomic mass is 32.1. The topological polar surface area (TPSA) is 62.3 Å². The van der Waals surface area contributed by atoms with Gasteiger partial charge in [0.25, 0.3) is 0 Å². The summed E-state index contributed by atoms with van der Waals surface area (Å²) in [4.78, 5) is 32.8. The summed E-state index contributed by atoms with van der Waals surface area (Å²) < 4.78 is 1.13. The molecule has 5 nitrogen and oxygen atoms in total. The third-order valence-corrected chi connectivity index (χ3v) is 7.90. The van der Waals surface area contributed by atoms with Crippen molar-refractivity contribution in [1.82, 2.24) is 9.88 Å². The first-order valence-electron chi connectivity index (χ1n) is 10.6. The van der Waals surface area contributed by atoms with E-state index < -0.39 is 0 Å². The van der Waals surface area contributed by atoms with Crippen LogP contribution in [0.25, 0.3) is 20.8 Å². The number of benzene rings is 2. The number of carbonyl (C=O) groups is 2. The van der Waals surface area contributed by atoms with Crippen molar-refractivity contribution >= 4 is 49.7 Å². The number of hydrogen-bond donors (Lipinski definition) is 1. The van der Waals surface area contributed by atoms with Crippen LogP contribution in [0.2, 0.25) is 0 Å². The lowest BCUT2D eigenvalue weighted by Gasteiger charge is -2.26. The fraction of sp³-hybridized carbons (Fsp3) is 0.240. The van der Waals surface area contributed by atoms with Crippen LogP contribution in [-0.2, 0) is 29.0 Å². The molecule has 0 fully saturated rings. The van der Waals surface area contributed by atoms with E-state index in [9.17, 15) is 9.59 Å². The lowest BCUT2D eigenvalue weighted by molar-refractivity contribution is -0.129. The maximum atomic E-state index is 12.9. The van der Waals surface area contributed by atoms with Crippen molar-refractivity contribution in [3.8, 4) is 10.6 Å². The number of carbonyl (C=O) groups excluding carboxylic acids is 2. The number of nitrogens with one attached hydrogen (secondary N) is 1. The number of thiophene rings is 1. The molecule has 1 aliphatic rings.